The van der Waals surface area contributed by atoms with Gasteiger partial charge in [-0.05, 0) is 54.4 Å². The van der Waals surface area contributed by atoms with Crippen LogP contribution < -0.4 is 10.1 Å². The Bertz CT molecular complexity index is 1120. The predicted molar refractivity (Wildman–Crippen MR) is 116 cm³/mol. The molecule has 0 saturated heterocycles. The van der Waals surface area contributed by atoms with Gasteiger partial charge < -0.3 is 19.5 Å². The molecule has 1 unspecified atom stereocenters. The molecule has 10 heteroatoms. The van der Waals surface area contributed by atoms with E-state index in [1.165, 1.54) is 30.3 Å². The van der Waals surface area contributed by atoms with Gasteiger partial charge in [-0.1, -0.05) is 35.3 Å². The van der Waals surface area contributed by atoms with Crippen LogP contribution in [0.3, 0.4) is 0 Å². The van der Waals surface area contributed by atoms with Crippen LogP contribution in [0, 0.1) is 0 Å². The fourth-order valence-corrected chi connectivity index (χ4v) is 4.23. The molecule has 0 spiro atoms. The molecule has 2 amide bonds. The molecular formula is C22H18Cl2F3N3O2. The van der Waals surface area contributed by atoms with Crippen LogP contribution in [-0.2, 0) is 6.54 Å². The van der Waals surface area contributed by atoms with Crippen molar-refractivity contribution < 1.29 is 22.7 Å². The lowest BCUT2D eigenvalue weighted by Crippen LogP contribution is -2.38. The Morgan fingerprint density at radius 3 is 2.50 bits per heavy atom. The van der Waals surface area contributed by atoms with Crippen molar-refractivity contribution in [1.82, 2.24) is 9.47 Å². The summed E-state index contributed by atoms with van der Waals surface area (Å²) in [6, 6.07) is 13.2. The first kappa shape index (κ1) is 22.4. The number of ether oxygens (including phenoxy) is 1. The van der Waals surface area contributed by atoms with Gasteiger partial charge >= 0.3 is 12.4 Å². The first-order valence-corrected chi connectivity index (χ1v) is 10.5. The Morgan fingerprint density at radius 2 is 1.81 bits per heavy atom. The van der Waals surface area contributed by atoms with Crippen molar-refractivity contribution in [3.8, 4) is 5.75 Å². The van der Waals surface area contributed by atoms with Crippen LogP contribution in [0.2, 0.25) is 10.0 Å². The topological polar surface area (TPSA) is 46.5 Å². The second-order valence-corrected chi connectivity index (χ2v) is 8.09. The highest BCUT2D eigenvalue weighted by atomic mass is 35.5. The number of hydrogen-bond acceptors (Lipinski definition) is 2. The summed E-state index contributed by atoms with van der Waals surface area (Å²) in [6.07, 6.45) is -2.15. The molecule has 2 aromatic carbocycles. The average molecular weight is 484 g/mol. The van der Waals surface area contributed by atoms with Crippen LogP contribution in [-0.4, -0.2) is 28.4 Å². The average Bonchev–Trinajstić information content (AvgIpc) is 3.09. The van der Waals surface area contributed by atoms with E-state index in [-0.39, 0.29) is 11.8 Å². The molecule has 0 fully saturated rings. The number of aryl methyl sites for hydroxylation is 1. The smallest absolute Gasteiger partial charge is 0.406 e. The number of hydrogen-bond donors (Lipinski definition) is 1. The molecule has 1 aromatic heterocycles. The highest BCUT2D eigenvalue weighted by molar-refractivity contribution is 6.36. The van der Waals surface area contributed by atoms with E-state index in [4.69, 9.17) is 23.2 Å². The molecule has 4 rings (SSSR count). The van der Waals surface area contributed by atoms with E-state index in [1.54, 1.807) is 17.0 Å². The van der Waals surface area contributed by atoms with Gasteiger partial charge in [0.2, 0.25) is 0 Å². The Hall–Kier alpha value is -2.84. The number of carbonyl (C=O) groups is 1. The summed E-state index contributed by atoms with van der Waals surface area (Å²) >= 11 is 12.1. The first-order valence-electron chi connectivity index (χ1n) is 9.75. The normalized spacial score (nSPS) is 16.3. The van der Waals surface area contributed by atoms with E-state index in [1.807, 2.05) is 22.9 Å². The number of halogens is 5. The lowest BCUT2D eigenvalue weighted by Gasteiger charge is -2.31. The molecule has 168 valence electrons. The Balaban J connectivity index is 1.66. The minimum absolute atomic E-state index is 0.300. The van der Waals surface area contributed by atoms with Gasteiger partial charge in [-0.25, -0.2) is 4.79 Å². The fourth-order valence-electron chi connectivity index (χ4n) is 3.78. The molecule has 0 saturated carbocycles. The van der Waals surface area contributed by atoms with Crippen LogP contribution in [0.15, 0.2) is 60.8 Å². The van der Waals surface area contributed by atoms with Gasteiger partial charge in [0.15, 0.2) is 0 Å². The molecule has 3 aromatic rings. The number of nitrogens with one attached hydrogen (secondary N) is 1. The van der Waals surface area contributed by atoms with Crippen molar-refractivity contribution in [2.75, 3.05) is 11.9 Å². The minimum Gasteiger partial charge on any atom is -0.406 e. The number of fused-ring (bicyclic) bond motifs is 1. The number of aromatic nitrogens is 1. The molecule has 5 nitrogen and oxygen atoms in total. The number of benzene rings is 2. The quantitative estimate of drug-likeness (QED) is 0.449. The zero-order valence-corrected chi connectivity index (χ0v) is 18.1. The molecule has 1 N–H and O–H groups in total. The summed E-state index contributed by atoms with van der Waals surface area (Å²) in [6.45, 7) is 1.14. The number of nitrogens with zero attached hydrogens (tertiary/aromatic N) is 2. The van der Waals surface area contributed by atoms with E-state index < -0.39 is 12.4 Å². The molecular weight excluding hydrogens is 466 g/mol. The van der Waals surface area contributed by atoms with Gasteiger partial charge in [0.1, 0.15) is 5.75 Å². The summed E-state index contributed by atoms with van der Waals surface area (Å²) in [7, 11) is 0. The maximum atomic E-state index is 13.3. The summed E-state index contributed by atoms with van der Waals surface area (Å²) in [5.41, 5.74) is 1.91. The zero-order chi connectivity index (χ0) is 22.9. The monoisotopic (exact) mass is 483 g/mol. The molecule has 1 aliphatic rings. The van der Waals surface area contributed by atoms with Gasteiger partial charge in [0.05, 0.1) is 16.8 Å². The first-order chi connectivity index (χ1) is 15.2. The third-order valence-electron chi connectivity index (χ3n) is 5.12. The molecule has 0 aliphatic carbocycles. The van der Waals surface area contributed by atoms with Crippen LogP contribution in [0.5, 0.6) is 5.75 Å². The van der Waals surface area contributed by atoms with Crippen molar-refractivity contribution in [1.29, 1.82) is 0 Å². The van der Waals surface area contributed by atoms with Crippen LogP contribution in [0.25, 0.3) is 0 Å². The van der Waals surface area contributed by atoms with Crippen LogP contribution in [0.4, 0.5) is 23.7 Å². The number of amides is 2. The number of urea groups is 1. The Labute approximate surface area is 192 Å². The largest absolute Gasteiger partial charge is 0.573 e. The third-order valence-corrected chi connectivity index (χ3v) is 5.67. The van der Waals surface area contributed by atoms with Gasteiger partial charge in [-0.15, -0.1) is 13.2 Å². The Morgan fingerprint density at radius 1 is 1.06 bits per heavy atom. The standard InChI is InChI=1S/C22H18Cl2F3N3O2/c23-15-6-9-18(17(24)13-15)28-21(31)30-12-2-11-29-10-1-3-19(29)20(30)14-4-7-16(8-5-14)32-22(25,26)27/h1,3-10,13,20H,2,11-12H2,(H,28,31). The second-order valence-electron chi connectivity index (χ2n) is 7.25. The summed E-state index contributed by atoms with van der Waals surface area (Å²) < 4.78 is 43.6. The molecule has 0 radical (unpaired) electrons. The van der Waals surface area contributed by atoms with Crippen LogP contribution in [0.1, 0.15) is 23.7 Å². The van der Waals surface area contributed by atoms with Crippen molar-refractivity contribution in [3.63, 3.8) is 0 Å². The lowest BCUT2D eigenvalue weighted by atomic mass is 10.0. The number of rotatable bonds is 3. The van der Waals surface area contributed by atoms with E-state index >= 15 is 0 Å². The third kappa shape index (κ3) is 4.97. The van der Waals surface area contributed by atoms with Crippen LogP contribution >= 0.6 is 23.2 Å². The molecule has 1 atom stereocenters. The minimum atomic E-state index is -4.78. The number of carbonyl (C=O) groups excluding carboxylic acids is 1. The van der Waals surface area contributed by atoms with E-state index in [2.05, 4.69) is 10.1 Å². The summed E-state index contributed by atoms with van der Waals surface area (Å²) in [4.78, 5) is 14.9. The van der Waals surface area contributed by atoms with Gasteiger partial charge in [-0.2, -0.15) is 0 Å². The van der Waals surface area contributed by atoms with Crippen molar-refractivity contribution in [2.24, 2.45) is 0 Å². The van der Waals surface area contributed by atoms with Crippen molar-refractivity contribution in [2.45, 2.75) is 25.4 Å². The van der Waals surface area contributed by atoms with Crippen molar-refractivity contribution in [3.05, 3.63) is 82.1 Å². The van der Waals surface area contributed by atoms with E-state index in [9.17, 15) is 18.0 Å². The van der Waals surface area contributed by atoms with Gasteiger partial charge in [0, 0.05) is 30.0 Å². The maximum absolute atomic E-state index is 13.3. The lowest BCUT2D eigenvalue weighted by molar-refractivity contribution is -0.274. The highest BCUT2D eigenvalue weighted by Gasteiger charge is 2.33. The molecule has 2 heterocycles. The summed E-state index contributed by atoms with van der Waals surface area (Å²) in [5, 5.41) is 3.56. The van der Waals surface area contributed by atoms with Gasteiger partial charge in [-0.3, -0.25) is 0 Å². The SMILES string of the molecule is O=C(Nc1ccc(Cl)cc1Cl)N1CCCn2cccc2C1c1ccc(OC(F)(F)F)cc1. The molecule has 0 bridgehead atoms. The van der Waals surface area contributed by atoms with E-state index in [0.29, 0.717) is 40.8 Å². The number of anilines is 1. The Kier molecular flexibility index (Phi) is 6.26. The van der Waals surface area contributed by atoms with E-state index in [0.717, 1.165) is 5.69 Å². The second kappa shape index (κ2) is 8.96. The van der Waals surface area contributed by atoms with Gasteiger partial charge in [0.25, 0.3) is 0 Å². The molecule has 32 heavy (non-hydrogen) atoms. The number of alkyl halides is 3. The predicted octanol–water partition coefficient (Wildman–Crippen LogP) is 6.72. The maximum Gasteiger partial charge on any atom is 0.573 e. The van der Waals surface area contributed by atoms with Crippen molar-refractivity contribution >= 4 is 34.9 Å². The zero-order valence-electron chi connectivity index (χ0n) is 16.6. The summed E-state index contributed by atoms with van der Waals surface area (Å²) in [5.74, 6) is -0.325. The fraction of sp³-hybridized carbons (Fsp3) is 0.227. The highest BCUT2D eigenvalue weighted by Crippen LogP contribution is 2.35. The molecule has 1 aliphatic heterocycles.